The van der Waals surface area contributed by atoms with Gasteiger partial charge in [-0.3, -0.25) is 9.78 Å². The lowest BCUT2D eigenvalue weighted by Crippen LogP contribution is -2.18. The van der Waals surface area contributed by atoms with Crippen molar-refractivity contribution < 1.29 is 15.0 Å². The van der Waals surface area contributed by atoms with Crippen molar-refractivity contribution in [3.8, 4) is 11.5 Å². The van der Waals surface area contributed by atoms with Crippen LogP contribution < -0.4 is 5.43 Å². The first-order chi connectivity index (χ1) is 11.9. The summed E-state index contributed by atoms with van der Waals surface area (Å²) in [5.41, 5.74) is 5.84. The van der Waals surface area contributed by atoms with Crippen molar-refractivity contribution in [2.75, 3.05) is 0 Å². The second-order valence-corrected chi connectivity index (χ2v) is 5.77. The maximum absolute atomic E-state index is 12.5. The number of carbonyl (C=O) groups is 1. The Kier molecular flexibility index (Phi) is 4.35. The molecule has 0 saturated carbocycles. The van der Waals surface area contributed by atoms with Gasteiger partial charge in [-0.2, -0.15) is 5.10 Å². The fourth-order valence-corrected chi connectivity index (χ4v) is 2.52. The number of nitrogens with zero attached hydrogens (tertiary/aromatic N) is 2. The summed E-state index contributed by atoms with van der Waals surface area (Å²) in [7, 11) is 0. The van der Waals surface area contributed by atoms with E-state index in [1.807, 2.05) is 32.0 Å². The molecule has 0 bridgehead atoms. The molecular weight excluding hydrogens is 318 g/mol. The van der Waals surface area contributed by atoms with Crippen molar-refractivity contribution in [3.05, 3.63) is 64.8 Å². The highest BCUT2D eigenvalue weighted by atomic mass is 16.3. The molecule has 0 unspecified atom stereocenters. The number of fused-ring (bicyclic) bond motifs is 1. The summed E-state index contributed by atoms with van der Waals surface area (Å²) in [4.78, 5) is 16.9. The van der Waals surface area contributed by atoms with Crippen molar-refractivity contribution in [2.45, 2.75) is 13.8 Å². The average Bonchev–Trinajstić information content (AvgIpc) is 2.56. The minimum Gasteiger partial charge on any atom is -0.508 e. The summed E-state index contributed by atoms with van der Waals surface area (Å²) in [6, 6.07) is 11.6. The Morgan fingerprint density at radius 1 is 1.12 bits per heavy atom. The molecule has 0 spiro atoms. The van der Waals surface area contributed by atoms with Crippen molar-refractivity contribution in [1.82, 2.24) is 10.4 Å². The minimum atomic E-state index is -0.365. The van der Waals surface area contributed by atoms with Gasteiger partial charge in [0.1, 0.15) is 11.5 Å². The first-order valence-electron chi connectivity index (χ1n) is 7.67. The van der Waals surface area contributed by atoms with Crippen LogP contribution in [-0.4, -0.2) is 27.3 Å². The zero-order chi connectivity index (χ0) is 18.0. The first kappa shape index (κ1) is 16.4. The molecule has 25 heavy (non-hydrogen) atoms. The third-order valence-electron chi connectivity index (χ3n) is 3.72. The smallest absolute Gasteiger partial charge is 0.272 e. The highest BCUT2D eigenvalue weighted by Gasteiger charge is 2.11. The van der Waals surface area contributed by atoms with Crippen LogP contribution in [0.1, 0.15) is 27.2 Å². The van der Waals surface area contributed by atoms with Crippen LogP contribution in [0.5, 0.6) is 11.5 Å². The third-order valence-corrected chi connectivity index (χ3v) is 3.72. The third kappa shape index (κ3) is 3.58. The summed E-state index contributed by atoms with van der Waals surface area (Å²) in [6.07, 6.45) is 1.31. The molecule has 1 amide bonds. The van der Waals surface area contributed by atoms with Gasteiger partial charge in [0.15, 0.2) is 0 Å². The Labute approximate surface area is 144 Å². The van der Waals surface area contributed by atoms with Gasteiger partial charge in [0.25, 0.3) is 5.91 Å². The molecule has 0 saturated heterocycles. The van der Waals surface area contributed by atoms with Crippen molar-refractivity contribution in [2.24, 2.45) is 5.10 Å². The van der Waals surface area contributed by atoms with Crippen LogP contribution in [0, 0.1) is 13.8 Å². The van der Waals surface area contributed by atoms with Crippen LogP contribution in [0.4, 0.5) is 0 Å². The molecule has 0 aliphatic heterocycles. The largest absolute Gasteiger partial charge is 0.508 e. The second-order valence-electron chi connectivity index (χ2n) is 5.77. The van der Waals surface area contributed by atoms with E-state index < -0.39 is 0 Å². The minimum absolute atomic E-state index is 0.0483. The number of phenolic OH excluding ortho intramolecular Hbond substituents is 2. The zero-order valence-electron chi connectivity index (χ0n) is 13.8. The number of nitrogens with one attached hydrogen (secondary N) is 1. The van der Waals surface area contributed by atoms with E-state index in [1.165, 1.54) is 24.4 Å². The van der Waals surface area contributed by atoms with Gasteiger partial charge < -0.3 is 10.2 Å². The Morgan fingerprint density at radius 2 is 1.92 bits per heavy atom. The number of hydrogen-bond donors (Lipinski definition) is 3. The van der Waals surface area contributed by atoms with E-state index in [1.54, 1.807) is 6.07 Å². The fraction of sp³-hybridized carbons (Fsp3) is 0.105. The maximum atomic E-state index is 12.5. The van der Waals surface area contributed by atoms with E-state index in [0.29, 0.717) is 11.1 Å². The van der Waals surface area contributed by atoms with Crippen LogP contribution >= 0.6 is 0 Å². The number of aromatic nitrogens is 1. The van der Waals surface area contributed by atoms with Crippen LogP contribution in [-0.2, 0) is 0 Å². The fourth-order valence-electron chi connectivity index (χ4n) is 2.52. The Morgan fingerprint density at radius 3 is 2.68 bits per heavy atom. The standard InChI is InChI=1S/C19H17N3O3/c1-11-3-6-17-15(7-11)16(8-12(2)21-17)19(25)22-20-10-13-4-5-14(23)9-18(13)24/h3-10,23-24H,1-2H3,(H,22,25). The summed E-state index contributed by atoms with van der Waals surface area (Å²) in [6.45, 7) is 3.78. The number of hydrogen-bond acceptors (Lipinski definition) is 5. The number of phenols is 2. The van der Waals surface area contributed by atoms with Crippen molar-refractivity contribution in [3.63, 3.8) is 0 Å². The molecule has 126 valence electrons. The van der Waals surface area contributed by atoms with E-state index in [4.69, 9.17) is 0 Å². The van der Waals surface area contributed by atoms with Crippen LogP contribution in [0.2, 0.25) is 0 Å². The van der Waals surface area contributed by atoms with Crippen molar-refractivity contribution >= 4 is 23.0 Å². The molecule has 3 aromatic rings. The van der Waals surface area contributed by atoms with E-state index in [0.717, 1.165) is 22.2 Å². The molecular formula is C19H17N3O3. The summed E-state index contributed by atoms with van der Waals surface area (Å²) in [5, 5.41) is 23.6. The molecule has 0 fully saturated rings. The van der Waals surface area contributed by atoms with Crippen molar-refractivity contribution in [1.29, 1.82) is 0 Å². The maximum Gasteiger partial charge on any atom is 0.272 e. The monoisotopic (exact) mass is 335 g/mol. The van der Waals surface area contributed by atoms with E-state index in [-0.39, 0.29) is 17.4 Å². The van der Waals surface area contributed by atoms with E-state index in [2.05, 4.69) is 15.5 Å². The Balaban J connectivity index is 1.87. The SMILES string of the molecule is Cc1ccc2nc(C)cc(C(=O)NN=Cc3ccc(O)cc3O)c2c1. The predicted molar refractivity (Wildman–Crippen MR) is 96.0 cm³/mol. The van der Waals surface area contributed by atoms with Gasteiger partial charge in [0.05, 0.1) is 17.3 Å². The normalized spacial score (nSPS) is 11.1. The quantitative estimate of drug-likeness (QED) is 0.506. The van der Waals surface area contributed by atoms with Gasteiger partial charge in [-0.05, 0) is 44.2 Å². The number of rotatable bonds is 3. The Hall–Kier alpha value is -3.41. The number of aryl methyl sites for hydroxylation is 2. The average molecular weight is 335 g/mol. The molecule has 1 aromatic heterocycles. The second kappa shape index (κ2) is 6.60. The first-order valence-corrected chi connectivity index (χ1v) is 7.67. The molecule has 2 aromatic carbocycles. The molecule has 1 heterocycles. The summed E-state index contributed by atoms with van der Waals surface area (Å²) < 4.78 is 0. The molecule has 0 radical (unpaired) electrons. The van der Waals surface area contributed by atoms with E-state index in [9.17, 15) is 15.0 Å². The van der Waals surface area contributed by atoms with Gasteiger partial charge in [0, 0.05) is 22.7 Å². The lowest BCUT2D eigenvalue weighted by Gasteiger charge is -2.07. The summed E-state index contributed by atoms with van der Waals surface area (Å²) >= 11 is 0. The predicted octanol–water partition coefficient (Wildman–Crippen LogP) is 3.03. The molecule has 6 heteroatoms. The highest BCUT2D eigenvalue weighted by molar-refractivity contribution is 6.06. The topological polar surface area (TPSA) is 94.8 Å². The van der Waals surface area contributed by atoms with Gasteiger partial charge in [-0.25, -0.2) is 5.43 Å². The molecule has 3 N–H and O–H groups in total. The number of amides is 1. The Bertz CT molecular complexity index is 997. The van der Waals surface area contributed by atoms with Crippen LogP contribution in [0.25, 0.3) is 10.9 Å². The number of aromatic hydroxyl groups is 2. The van der Waals surface area contributed by atoms with Crippen LogP contribution in [0.15, 0.2) is 47.6 Å². The van der Waals surface area contributed by atoms with Gasteiger partial charge in [-0.15, -0.1) is 0 Å². The number of pyridine rings is 1. The number of hydrazone groups is 1. The molecule has 0 atom stereocenters. The number of benzene rings is 2. The molecule has 0 aliphatic rings. The van der Waals surface area contributed by atoms with Gasteiger partial charge >= 0.3 is 0 Å². The molecule has 6 nitrogen and oxygen atoms in total. The van der Waals surface area contributed by atoms with Crippen LogP contribution in [0.3, 0.4) is 0 Å². The van der Waals surface area contributed by atoms with E-state index >= 15 is 0 Å². The summed E-state index contributed by atoms with van der Waals surface area (Å²) in [5.74, 6) is -0.540. The van der Waals surface area contributed by atoms with Gasteiger partial charge in [-0.1, -0.05) is 11.6 Å². The lowest BCUT2D eigenvalue weighted by atomic mass is 10.1. The molecule has 3 rings (SSSR count). The molecule has 0 aliphatic carbocycles. The number of carbonyl (C=O) groups excluding carboxylic acids is 1. The lowest BCUT2D eigenvalue weighted by molar-refractivity contribution is 0.0956. The zero-order valence-corrected chi connectivity index (χ0v) is 13.8. The van der Waals surface area contributed by atoms with Gasteiger partial charge in [0.2, 0.25) is 0 Å². The highest BCUT2D eigenvalue weighted by Crippen LogP contribution is 2.21.